The molecule has 0 aliphatic rings. The zero-order chi connectivity index (χ0) is 18.1. The van der Waals surface area contributed by atoms with Crippen molar-refractivity contribution in [2.45, 2.75) is 82.7 Å². The molecule has 2 nitrogen and oxygen atoms in total. The Bertz CT molecular complexity index is 345. The minimum atomic E-state index is -5.52. The number of ether oxygens (including phenoxy) is 1. The normalized spacial score (nSPS) is 14.1. The highest BCUT2D eigenvalue weighted by Gasteiger charge is 2.56. The predicted octanol–water partition coefficient (Wildman–Crippen LogP) is 5.60. The van der Waals surface area contributed by atoms with Gasteiger partial charge in [-0.3, -0.25) is 4.79 Å². The summed E-state index contributed by atoms with van der Waals surface area (Å²) in [5.41, 5.74) is 0. The van der Waals surface area contributed by atoms with Crippen LogP contribution in [0.5, 0.6) is 0 Å². The highest BCUT2D eigenvalue weighted by molar-refractivity contribution is 8.00. The molecule has 1 atom stereocenters. The summed E-state index contributed by atoms with van der Waals surface area (Å²) in [5.74, 6) is -5.04. The highest BCUT2D eigenvalue weighted by Crippen LogP contribution is 2.39. The van der Waals surface area contributed by atoms with E-state index < -0.39 is 29.7 Å². The molecule has 0 aromatic carbocycles. The average molecular weight is 364 g/mol. The van der Waals surface area contributed by atoms with Gasteiger partial charge in [0.05, 0.1) is 6.10 Å². The van der Waals surface area contributed by atoms with Crippen LogP contribution in [0.2, 0.25) is 0 Å². The number of carbonyl (C=O) groups is 1. The highest BCUT2D eigenvalue weighted by atomic mass is 32.2. The maximum atomic E-state index is 12.8. The van der Waals surface area contributed by atoms with Crippen molar-refractivity contribution in [3.05, 3.63) is 0 Å². The SMILES string of the molecule is CCCCCC(SCCCC(F)(F)C(F)(F)F)C(=O)OC(C)C. The molecule has 138 valence electrons. The topological polar surface area (TPSA) is 26.3 Å². The van der Waals surface area contributed by atoms with E-state index in [-0.39, 0.29) is 18.3 Å². The fourth-order valence-electron chi connectivity index (χ4n) is 1.82. The molecule has 0 N–H and O–H groups in total. The van der Waals surface area contributed by atoms with Crippen LogP contribution in [0.15, 0.2) is 0 Å². The van der Waals surface area contributed by atoms with E-state index in [9.17, 15) is 26.7 Å². The largest absolute Gasteiger partial charge is 0.462 e. The Hall–Kier alpha value is -0.530. The lowest BCUT2D eigenvalue weighted by molar-refractivity contribution is -0.284. The molecule has 0 saturated heterocycles. The van der Waals surface area contributed by atoms with E-state index in [0.717, 1.165) is 31.0 Å². The van der Waals surface area contributed by atoms with Crippen LogP contribution in [0.4, 0.5) is 22.0 Å². The van der Waals surface area contributed by atoms with Gasteiger partial charge in [-0.1, -0.05) is 26.2 Å². The average Bonchev–Trinajstić information content (AvgIpc) is 2.39. The second-order valence-electron chi connectivity index (χ2n) is 5.65. The second-order valence-corrected chi connectivity index (χ2v) is 6.96. The molecule has 0 fully saturated rings. The molecule has 0 saturated carbocycles. The van der Waals surface area contributed by atoms with Crippen molar-refractivity contribution in [1.29, 1.82) is 0 Å². The Kier molecular flexibility index (Phi) is 10.1. The molecule has 0 amide bonds. The van der Waals surface area contributed by atoms with E-state index in [1.807, 2.05) is 6.92 Å². The van der Waals surface area contributed by atoms with Crippen LogP contribution in [-0.4, -0.2) is 35.2 Å². The van der Waals surface area contributed by atoms with Crippen molar-refractivity contribution < 1.29 is 31.5 Å². The molecule has 23 heavy (non-hydrogen) atoms. The fraction of sp³-hybridized carbons (Fsp3) is 0.933. The number of hydrogen-bond donors (Lipinski definition) is 0. The van der Waals surface area contributed by atoms with Gasteiger partial charge in [-0.2, -0.15) is 22.0 Å². The molecular formula is C15H25F5O2S. The molecule has 0 aromatic rings. The predicted molar refractivity (Wildman–Crippen MR) is 81.9 cm³/mol. The van der Waals surface area contributed by atoms with Gasteiger partial charge in [-0.15, -0.1) is 11.8 Å². The van der Waals surface area contributed by atoms with E-state index in [1.54, 1.807) is 13.8 Å². The smallest absolute Gasteiger partial charge is 0.453 e. The van der Waals surface area contributed by atoms with Crippen molar-refractivity contribution in [3.63, 3.8) is 0 Å². The van der Waals surface area contributed by atoms with Gasteiger partial charge in [0.15, 0.2) is 0 Å². The lowest BCUT2D eigenvalue weighted by Gasteiger charge is -2.20. The number of alkyl halides is 5. The molecule has 0 heterocycles. The number of halogens is 5. The van der Waals surface area contributed by atoms with Crippen molar-refractivity contribution in [3.8, 4) is 0 Å². The molecule has 0 bridgehead atoms. The first-order valence-electron chi connectivity index (χ1n) is 7.78. The number of thioether (sulfide) groups is 1. The van der Waals surface area contributed by atoms with Gasteiger partial charge in [0.25, 0.3) is 0 Å². The Balaban J connectivity index is 4.35. The van der Waals surface area contributed by atoms with Gasteiger partial charge in [0, 0.05) is 6.42 Å². The molecule has 1 unspecified atom stereocenters. The first-order valence-corrected chi connectivity index (χ1v) is 8.82. The van der Waals surface area contributed by atoms with Crippen LogP contribution in [0.1, 0.15) is 59.3 Å². The minimum absolute atomic E-state index is 0.0651. The summed E-state index contributed by atoms with van der Waals surface area (Å²) in [5, 5.41) is -0.511. The summed E-state index contributed by atoms with van der Waals surface area (Å²) in [6.45, 7) is 5.42. The maximum Gasteiger partial charge on any atom is 0.453 e. The maximum absolute atomic E-state index is 12.8. The first kappa shape index (κ1) is 22.5. The van der Waals surface area contributed by atoms with Gasteiger partial charge in [0.2, 0.25) is 0 Å². The van der Waals surface area contributed by atoms with Gasteiger partial charge < -0.3 is 4.74 Å². The van der Waals surface area contributed by atoms with Gasteiger partial charge >= 0.3 is 18.1 Å². The number of rotatable bonds is 11. The number of carbonyl (C=O) groups excluding carboxylic acids is 1. The van der Waals surface area contributed by atoms with Crippen LogP contribution in [0.3, 0.4) is 0 Å². The standard InChI is InChI=1S/C15H25F5O2S/c1-4-5-6-8-12(13(21)22-11(2)3)23-10-7-9-14(16,17)15(18,19)20/h11-12H,4-10H2,1-3H3. The molecular weight excluding hydrogens is 339 g/mol. The van der Waals surface area contributed by atoms with Crippen LogP contribution >= 0.6 is 11.8 Å². The van der Waals surface area contributed by atoms with E-state index in [2.05, 4.69) is 0 Å². The summed E-state index contributed by atoms with van der Waals surface area (Å²) in [7, 11) is 0. The van der Waals surface area contributed by atoms with E-state index in [1.165, 1.54) is 0 Å². The van der Waals surface area contributed by atoms with Gasteiger partial charge in [-0.25, -0.2) is 0 Å². The van der Waals surface area contributed by atoms with Crippen LogP contribution in [-0.2, 0) is 9.53 Å². The molecule has 0 aliphatic carbocycles. The fourth-order valence-corrected chi connectivity index (χ4v) is 2.94. The van der Waals surface area contributed by atoms with E-state index in [4.69, 9.17) is 4.74 Å². The molecule has 0 aliphatic heterocycles. The van der Waals surface area contributed by atoms with Crippen LogP contribution in [0, 0.1) is 0 Å². The third-order valence-corrected chi connectivity index (χ3v) is 4.41. The molecule has 0 spiro atoms. The number of hydrogen-bond acceptors (Lipinski definition) is 3. The Labute approximate surface area is 138 Å². The van der Waals surface area contributed by atoms with Crippen molar-refractivity contribution in [1.82, 2.24) is 0 Å². The summed E-state index contributed by atoms with van der Waals surface area (Å²) in [4.78, 5) is 11.9. The molecule has 0 rings (SSSR count). The van der Waals surface area contributed by atoms with Crippen molar-refractivity contribution >= 4 is 17.7 Å². The monoisotopic (exact) mass is 364 g/mol. The zero-order valence-electron chi connectivity index (χ0n) is 13.7. The van der Waals surface area contributed by atoms with Crippen LogP contribution < -0.4 is 0 Å². The van der Waals surface area contributed by atoms with Crippen molar-refractivity contribution in [2.24, 2.45) is 0 Å². The van der Waals surface area contributed by atoms with Gasteiger partial charge in [0.1, 0.15) is 5.25 Å². The quantitative estimate of drug-likeness (QED) is 0.271. The van der Waals surface area contributed by atoms with E-state index in [0.29, 0.717) is 6.42 Å². The lowest BCUT2D eigenvalue weighted by atomic mass is 10.1. The summed E-state index contributed by atoms with van der Waals surface area (Å²) >= 11 is 1.10. The summed E-state index contributed by atoms with van der Waals surface area (Å²) in [6, 6.07) is 0. The first-order chi connectivity index (χ1) is 10.5. The summed E-state index contributed by atoms with van der Waals surface area (Å²) in [6.07, 6.45) is -4.14. The molecule has 0 radical (unpaired) electrons. The number of esters is 1. The Morgan fingerprint density at radius 3 is 2.17 bits per heavy atom. The lowest BCUT2D eigenvalue weighted by Crippen LogP contribution is -2.36. The Morgan fingerprint density at radius 1 is 1.09 bits per heavy atom. The van der Waals surface area contributed by atoms with Crippen LogP contribution in [0.25, 0.3) is 0 Å². The Morgan fingerprint density at radius 2 is 1.70 bits per heavy atom. The van der Waals surface area contributed by atoms with Crippen molar-refractivity contribution in [2.75, 3.05) is 5.75 Å². The molecule has 8 heteroatoms. The summed E-state index contributed by atoms with van der Waals surface area (Å²) < 4.78 is 66.9. The zero-order valence-corrected chi connectivity index (χ0v) is 14.5. The minimum Gasteiger partial charge on any atom is -0.462 e. The third-order valence-electron chi connectivity index (χ3n) is 3.05. The second kappa shape index (κ2) is 10.4. The number of unbranched alkanes of at least 4 members (excludes halogenated alkanes) is 2. The van der Waals surface area contributed by atoms with Gasteiger partial charge in [-0.05, 0) is 32.4 Å². The molecule has 0 aromatic heterocycles. The van der Waals surface area contributed by atoms with E-state index >= 15 is 0 Å². The third kappa shape index (κ3) is 9.37.